The van der Waals surface area contributed by atoms with Gasteiger partial charge in [-0.25, -0.2) is 4.79 Å². The van der Waals surface area contributed by atoms with Crippen molar-refractivity contribution < 1.29 is 19.4 Å². The van der Waals surface area contributed by atoms with Crippen LogP contribution in [-0.4, -0.2) is 17.1 Å². The molecule has 3 rings (SSSR count). The normalized spacial score (nSPS) is 12.7. The standard InChI is InChI=1S/C25H23Br2N3O4/c1-15(11-12-22(31)30-21-10-6-5-9-20(21)28)24(18-13-16(26)14-19(27)23(18)32)34-25(33)29-17-7-3-2-4-8-17/h2-15,24,32H,28H2,1H3,(H,29,33)(H,30,31)/b12-11+/t15-,24+/m1/s1. The minimum atomic E-state index is -0.900. The van der Waals surface area contributed by atoms with E-state index in [0.29, 0.717) is 31.6 Å². The molecule has 176 valence electrons. The fraction of sp³-hybridized carbons (Fsp3) is 0.120. The number of hydrogen-bond donors (Lipinski definition) is 4. The summed E-state index contributed by atoms with van der Waals surface area (Å²) in [5.74, 6) is -0.938. The van der Waals surface area contributed by atoms with Crippen molar-refractivity contribution in [3.8, 4) is 5.75 Å². The number of halogens is 2. The van der Waals surface area contributed by atoms with Crippen molar-refractivity contribution in [2.75, 3.05) is 16.4 Å². The van der Waals surface area contributed by atoms with Crippen molar-refractivity contribution in [3.05, 3.63) is 93.4 Å². The van der Waals surface area contributed by atoms with Gasteiger partial charge in [0.1, 0.15) is 11.9 Å². The molecule has 2 amide bonds. The summed E-state index contributed by atoms with van der Waals surface area (Å²) >= 11 is 6.71. The molecule has 34 heavy (non-hydrogen) atoms. The predicted octanol–water partition coefficient (Wildman–Crippen LogP) is 6.62. The summed E-state index contributed by atoms with van der Waals surface area (Å²) in [4.78, 5) is 25.1. The van der Waals surface area contributed by atoms with E-state index in [0.717, 1.165) is 0 Å². The maximum atomic E-state index is 12.6. The molecule has 0 unspecified atom stereocenters. The van der Waals surface area contributed by atoms with Gasteiger partial charge in [0, 0.05) is 21.6 Å². The largest absolute Gasteiger partial charge is 0.506 e. The highest BCUT2D eigenvalue weighted by Gasteiger charge is 2.27. The summed E-state index contributed by atoms with van der Waals surface area (Å²) in [5, 5.41) is 16.0. The van der Waals surface area contributed by atoms with Crippen molar-refractivity contribution in [3.63, 3.8) is 0 Å². The van der Waals surface area contributed by atoms with E-state index in [1.165, 1.54) is 6.08 Å². The molecule has 0 saturated heterocycles. The summed E-state index contributed by atoms with van der Waals surface area (Å²) in [5.41, 5.74) is 7.74. The molecule has 0 aliphatic carbocycles. The molecule has 3 aromatic rings. The van der Waals surface area contributed by atoms with Crippen molar-refractivity contribution >= 4 is 60.9 Å². The summed E-state index contributed by atoms with van der Waals surface area (Å²) in [7, 11) is 0. The van der Waals surface area contributed by atoms with E-state index >= 15 is 0 Å². The Balaban J connectivity index is 1.82. The first-order chi connectivity index (χ1) is 16.2. The Morgan fingerprint density at radius 3 is 2.41 bits per heavy atom. The fourth-order valence-corrected chi connectivity index (χ4v) is 4.42. The smallest absolute Gasteiger partial charge is 0.412 e. The van der Waals surface area contributed by atoms with E-state index in [1.54, 1.807) is 73.7 Å². The molecule has 0 saturated carbocycles. The number of anilines is 3. The molecule has 0 bridgehead atoms. The van der Waals surface area contributed by atoms with E-state index in [1.807, 2.05) is 6.07 Å². The molecule has 0 spiro atoms. The lowest BCUT2D eigenvalue weighted by molar-refractivity contribution is -0.111. The maximum absolute atomic E-state index is 12.6. The number of nitrogens with one attached hydrogen (secondary N) is 2. The number of nitrogen functional groups attached to an aromatic ring is 1. The third-order valence-corrected chi connectivity index (χ3v) is 5.93. The third-order valence-electron chi connectivity index (χ3n) is 4.87. The van der Waals surface area contributed by atoms with Gasteiger partial charge in [-0.2, -0.15) is 0 Å². The number of aromatic hydroxyl groups is 1. The lowest BCUT2D eigenvalue weighted by Crippen LogP contribution is -2.21. The van der Waals surface area contributed by atoms with Crippen molar-refractivity contribution in [2.45, 2.75) is 13.0 Å². The van der Waals surface area contributed by atoms with Gasteiger partial charge in [0.05, 0.1) is 15.8 Å². The quantitative estimate of drug-likeness (QED) is 0.183. The molecule has 3 aromatic carbocycles. The highest BCUT2D eigenvalue weighted by molar-refractivity contribution is 9.11. The highest BCUT2D eigenvalue weighted by atomic mass is 79.9. The Morgan fingerprint density at radius 2 is 1.71 bits per heavy atom. The van der Waals surface area contributed by atoms with E-state index in [4.69, 9.17) is 10.5 Å². The average molecular weight is 589 g/mol. The zero-order valence-electron chi connectivity index (χ0n) is 18.2. The molecule has 0 aliphatic heterocycles. The van der Waals surface area contributed by atoms with Crippen LogP contribution in [0.15, 0.2) is 87.8 Å². The second-order valence-electron chi connectivity index (χ2n) is 7.44. The second kappa shape index (κ2) is 11.7. The first kappa shape index (κ1) is 25.3. The first-order valence-corrected chi connectivity index (χ1v) is 11.9. The lowest BCUT2D eigenvalue weighted by Gasteiger charge is -2.24. The van der Waals surface area contributed by atoms with Crippen LogP contribution in [0.5, 0.6) is 5.75 Å². The van der Waals surface area contributed by atoms with Crippen molar-refractivity contribution in [1.82, 2.24) is 0 Å². The predicted molar refractivity (Wildman–Crippen MR) is 141 cm³/mol. The molecular formula is C25H23Br2N3O4. The number of carbonyl (C=O) groups excluding carboxylic acids is 2. The van der Waals surface area contributed by atoms with E-state index in [-0.39, 0.29) is 5.75 Å². The van der Waals surface area contributed by atoms with Crippen LogP contribution < -0.4 is 16.4 Å². The molecule has 0 aliphatic rings. The Kier molecular flexibility index (Phi) is 8.72. The van der Waals surface area contributed by atoms with Crippen LogP contribution in [0, 0.1) is 5.92 Å². The Morgan fingerprint density at radius 1 is 1.03 bits per heavy atom. The number of benzene rings is 3. The number of phenols is 1. The fourth-order valence-electron chi connectivity index (χ4n) is 3.17. The molecule has 0 heterocycles. The van der Waals surface area contributed by atoms with Crippen molar-refractivity contribution in [1.29, 1.82) is 0 Å². The van der Waals surface area contributed by atoms with E-state index < -0.39 is 24.0 Å². The number of nitrogens with two attached hydrogens (primary N) is 1. The Labute approximate surface area is 214 Å². The molecule has 0 fully saturated rings. The van der Waals surface area contributed by atoms with Crippen LogP contribution >= 0.6 is 31.9 Å². The SMILES string of the molecule is C[C@H](/C=C/C(=O)Nc1ccccc1N)[C@H](OC(=O)Nc1ccccc1)c1cc(Br)cc(Br)c1O. The maximum Gasteiger partial charge on any atom is 0.412 e. The second-order valence-corrected chi connectivity index (χ2v) is 9.21. The van der Waals surface area contributed by atoms with Crippen LogP contribution in [0.4, 0.5) is 21.9 Å². The third kappa shape index (κ3) is 6.85. The van der Waals surface area contributed by atoms with E-state index in [9.17, 15) is 14.7 Å². The Bertz CT molecular complexity index is 1200. The number of rotatable bonds is 7. The van der Waals surface area contributed by atoms with Gasteiger partial charge in [-0.3, -0.25) is 10.1 Å². The van der Waals surface area contributed by atoms with Crippen LogP contribution in [0.2, 0.25) is 0 Å². The topological polar surface area (TPSA) is 114 Å². The van der Waals surface area contributed by atoms with Gasteiger partial charge in [-0.05, 0) is 58.4 Å². The van der Waals surface area contributed by atoms with Gasteiger partial charge in [0.2, 0.25) is 5.91 Å². The average Bonchev–Trinajstić information content (AvgIpc) is 2.80. The number of ether oxygens (including phenoxy) is 1. The van der Waals surface area contributed by atoms with Gasteiger partial charge in [-0.1, -0.05) is 59.3 Å². The van der Waals surface area contributed by atoms with Gasteiger partial charge in [-0.15, -0.1) is 0 Å². The summed E-state index contributed by atoms with van der Waals surface area (Å²) in [6.45, 7) is 1.77. The number of amides is 2. The van der Waals surface area contributed by atoms with Crippen LogP contribution in [0.1, 0.15) is 18.6 Å². The van der Waals surface area contributed by atoms with Crippen LogP contribution in [0.25, 0.3) is 0 Å². The number of hydrogen-bond acceptors (Lipinski definition) is 5. The molecule has 0 radical (unpaired) electrons. The van der Waals surface area contributed by atoms with Gasteiger partial charge >= 0.3 is 6.09 Å². The van der Waals surface area contributed by atoms with Gasteiger partial charge in [0.25, 0.3) is 0 Å². The highest BCUT2D eigenvalue weighted by Crippen LogP contribution is 2.40. The number of para-hydroxylation sites is 3. The van der Waals surface area contributed by atoms with E-state index in [2.05, 4.69) is 42.5 Å². The van der Waals surface area contributed by atoms with Crippen molar-refractivity contribution in [2.24, 2.45) is 5.92 Å². The monoisotopic (exact) mass is 587 g/mol. The lowest BCUT2D eigenvalue weighted by atomic mass is 9.96. The minimum absolute atomic E-state index is 0.0672. The van der Waals surface area contributed by atoms with Gasteiger partial charge < -0.3 is 20.9 Å². The molecule has 9 heteroatoms. The molecule has 0 aromatic heterocycles. The van der Waals surface area contributed by atoms with Gasteiger partial charge in [0.15, 0.2) is 0 Å². The summed E-state index contributed by atoms with van der Waals surface area (Å²) in [6.07, 6.45) is 1.34. The Hall–Kier alpha value is -3.30. The zero-order chi connectivity index (χ0) is 24.7. The van der Waals surface area contributed by atoms with Crippen LogP contribution in [-0.2, 0) is 9.53 Å². The summed E-state index contributed by atoms with van der Waals surface area (Å²) < 4.78 is 6.82. The minimum Gasteiger partial charge on any atom is -0.506 e. The molecule has 5 N–H and O–H groups in total. The first-order valence-electron chi connectivity index (χ1n) is 10.3. The molecule has 7 nitrogen and oxygen atoms in total. The summed E-state index contributed by atoms with van der Waals surface area (Å²) in [6, 6.07) is 19.1. The number of carbonyl (C=O) groups is 2. The number of phenolic OH excluding ortho intramolecular Hbond substituents is 1. The molecular weight excluding hydrogens is 566 g/mol. The zero-order valence-corrected chi connectivity index (χ0v) is 21.3. The van der Waals surface area contributed by atoms with Crippen LogP contribution in [0.3, 0.4) is 0 Å². The molecule has 2 atom stereocenters.